The number of hydrogen-bond donors (Lipinski definition) is 1. The number of nitrogens with zero attached hydrogens (tertiary/aromatic N) is 2. The van der Waals surface area contributed by atoms with Gasteiger partial charge in [0, 0.05) is 12.8 Å². The topological polar surface area (TPSA) is 88.1 Å². The Bertz CT molecular complexity index is 899. The Morgan fingerprint density at radius 3 is 2.52 bits per heavy atom. The second kappa shape index (κ2) is 8.46. The molecule has 0 aromatic heterocycles. The van der Waals surface area contributed by atoms with E-state index in [4.69, 9.17) is 16.3 Å². The number of carbonyl (C=O) groups is 3. The van der Waals surface area contributed by atoms with Gasteiger partial charge in [-0.15, -0.1) is 0 Å². The number of anilines is 2. The average Bonchev–Trinajstić information content (AvgIpc) is 2.69. The van der Waals surface area contributed by atoms with E-state index < -0.39 is 18.5 Å². The molecule has 8 heteroatoms. The van der Waals surface area contributed by atoms with Crippen LogP contribution in [0, 0.1) is 0 Å². The van der Waals surface area contributed by atoms with Gasteiger partial charge in [0.15, 0.2) is 6.61 Å². The summed E-state index contributed by atoms with van der Waals surface area (Å²) in [6.45, 7) is -0.484. The van der Waals surface area contributed by atoms with Gasteiger partial charge >= 0.3 is 5.97 Å². The Hall–Kier alpha value is -3.19. The Labute approximate surface area is 160 Å². The third-order valence-corrected chi connectivity index (χ3v) is 4.08. The molecule has 1 aliphatic heterocycles. The summed E-state index contributed by atoms with van der Waals surface area (Å²) in [5.74, 6) is -1.48. The molecule has 0 saturated heterocycles. The lowest BCUT2D eigenvalue weighted by molar-refractivity contribution is -0.140. The van der Waals surface area contributed by atoms with E-state index in [0.717, 1.165) is 0 Å². The molecule has 0 fully saturated rings. The molecule has 7 nitrogen and oxygen atoms in total. The van der Waals surface area contributed by atoms with E-state index in [9.17, 15) is 14.4 Å². The molecule has 0 aliphatic carbocycles. The second-order valence-corrected chi connectivity index (χ2v) is 6.10. The van der Waals surface area contributed by atoms with E-state index >= 15 is 0 Å². The molecule has 1 N–H and O–H groups in total. The molecule has 2 aromatic rings. The van der Waals surface area contributed by atoms with E-state index in [1.807, 2.05) is 6.07 Å². The zero-order valence-electron chi connectivity index (χ0n) is 14.2. The van der Waals surface area contributed by atoms with Gasteiger partial charge in [0.05, 0.1) is 16.4 Å². The second-order valence-electron chi connectivity index (χ2n) is 5.69. The minimum absolute atomic E-state index is 0.0870. The van der Waals surface area contributed by atoms with Gasteiger partial charge in [-0.05, 0) is 24.3 Å². The van der Waals surface area contributed by atoms with Crippen LogP contribution in [0.1, 0.15) is 12.8 Å². The summed E-state index contributed by atoms with van der Waals surface area (Å²) in [7, 11) is 0. The van der Waals surface area contributed by atoms with Crippen LogP contribution in [0.3, 0.4) is 0 Å². The maximum absolute atomic E-state index is 12.2. The van der Waals surface area contributed by atoms with Gasteiger partial charge in [-0.25, -0.2) is 9.80 Å². The number of rotatable bonds is 5. The van der Waals surface area contributed by atoms with Gasteiger partial charge in [0.1, 0.15) is 5.71 Å². The van der Waals surface area contributed by atoms with Crippen molar-refractivity contribution in [1.29, 1.82) is 0 Å². The molecule has 3 rings (SSSR count). The molecule has 2 aromatic carbocycles. The summed E-state index contributed by atoms with van der Waals surface area (Å²) in [6, 6.07) is 15.5. The third-order valence-electron chi connectivity index (χ3n) is 3.75. The molecular weight excluding hydrogens is 370 g/mol. The average molecular weight is 386 g/mol. The molecule has 1 aliphatic rings. The molecule has 0 unspecified atom stereocenters. The summed E-state index contributed by atoms with van der Waals surface area (Å²) in [4.78, 5) is 36.2. The first-order chi connectivity index (χ1) is 13.0. The first-order valence-electron chi connectivity index (χ1n) is 8.21. The van der Waals surface area contributed by atoms with Crippen molar-refractivity contribution >= 4 is 46.5 Å². The largest absolute Gasteiger partial charge is 0.451 e. The van der Waals surface area contributed by atoms with E-state index in [2.05, 4.69) is 10.4 Å². The lowest BCUT2D eigenvalue weighted by Crippen LogP contribution is -2.35. The summed E-state index contributed by atoms with van der Waals surface area (Å²) in [5.41, 5.74) is 1.07. The van der Waals surface area contributed by atoms with Gasteiger partial charge in [-0.3, -0.25) is 9.59 Å². The zero-order valence-corrected chi connectivity index (χ0v) is 15.0. The Morgan fingerprint density at radius 2 is 1.78 bits per heavy atom. The van der Waals surface area contributed by atoms with Crippen LogP contribution in [-0.2, 0) is 19.1 Å². The Kier molecular flexibility index (Phi) is 5.83. The zero-order chi connectivity index (χ0) is 19.2. The van der Waals surface area contributed by atoms with Crippen LogP contribution < -0.4 is 10.3 Å². The van der Waals surface area contributed by atoms with Gasteiger partial charge in [0.25, 0.3) is 5.91 Å². The lowest BCUT2D eigenvalue weighted by atomic mass is 10.1. The maximum atomic E-state index is 12.2. The first kappa shape index (κ1) is 18.6. The molecule has 0 spiro atoms. The SMILES string of the molecule is O=C(COC(=O)C1=NN(c2ccccc2)C(=O)CC1)Nc1ccccc1Cl. The standard InChI is InChI=1S/C19H16ClN3O4/c20-14-8-4-5-9-15(14)21-17(24)12-27-19(26)16-10-11-18(25)23(22-16)13-6-2-1-3-7-13/h1-9H,10-12H2,(H,21,24). The van der Waals surface area contributed by atoms with Crippen LogP contribution >= 0.6 is 11.6 Å². The normalized spacial score (nSPS) is 13.7. The van der Waals surface area contributed by atoms with Crippen molar-refractivity contribution in [2.45, 2.75) is 12.8 Å². The van der Waals surface area contributed by atoms with Crippen LogP contribution in [0.25, 0.3) is 0 Å². The van der Waals surface area contributed by atoms with E-state index in [1.54, 1.807) is 48.5 Å². The number of hydrogen-bond acceptors (Lipinski definition) is 5. The Balaban J connectivity index is 1.61. The van der Waals surface area contributed by atoms with Gasteiger partial charge in [-0.1, -0.05) is 41.9 Å². The molecular formula is C19H16ClN3O4. The number of hydrazone groups is 1. The van der Waals surface area contributed by atoms with Gasteiger partial charge in [0.2, 0.25) is 5.91 Å². The minimum atomic E-state index is -0.738. The smallest absolute Gasteiger partial charge is 0.355 e. The fourth-order valence-electron chi connectivity index (χ4n) is 2.43. The first-order valence-corrected chi connectivity index (χ1v) is 8.59. The quantitative estimate of drug-likeness (QED) is 0.801. The van der Waals surface area contributed by atoms with E-state index in [-0.39, 0.29) is 24.5 Å². The summed E-state index contributed by atoms with van der Waals surface area (Å²) >= 11 is 5.96. The number of benzene rings is 2. The van der Waals surface area contributed by atoms with Crippen molar-refractivity contribution in [3.63, 3.8) is 0 Å². The summed E-state index contributed by atoms with van der Waals surface area (Å²) in [6.07, 6.45) is 0.293. The molecule has 0 atom stereocenters. The predicted molar refractivity (Wildman–Crippen MR) is 102 cm³/mol. The van der Waals surface area contributed by atoms with Gasteiger partial charge < -0.3 is 10.1 Å². The van der Waals surface area contributed by atoms with Crippen molar-refractivity contribution in [2.75, 3.05) is 16.9 Å². The highest BCUT2D eigenvalue weighted by molar-refractivity contribution is 6.38. The highest BCUT2D eigenvalue weighted by Gasteiger charge is 2.26. The van der Waals surface area contributed by atoms with Crippen LogP contribution in [0.15, 0.2) is 59.7 Å². The number of halogens is 1. The number of amides is 2. The fourth-order valence-corrected chi connectivity index (χ4v) is 2.62. The lowest BCUT2D eigenvalue weighted by Gasteiger charge is -2.22. The van der Waals surface area contributed by atoms with Crippen LogP contribution in [0.2, 0.25) is 5.02 Å². The van der Waals surface area contributed by atoms with Crippen molar-refractivity contribution in [3.8, 4) is 0 Å². The molecule has 27 heavy (non-hydrogen) atoms. The molecule has 0 saturated carbocycles. The van der Waals surface area contributed by atoms with Crippen LogP contribution in [-0.4, -0.2) is 30.1 Å². The molecule has 2 amide bonds. The van der Waals surface area contributed by atoms with Crippen molar-refractivity contribution < 1.29 is 19.1 Å². The number of para-hydroxylation sites is 2. The van der Waals surface area contributed by atoms with E-state index in [0.29, 0.717) is 16.4 Å². The monoisotopic (exact) mass is 385 g/mol. The maximum Gasteiger partial charge on any atom is 0.355 e. The highest BCUT2D eigenvalue weighted by Crippen LogP contribution is 2.21. The summed E-state index contributed by atoms with van der Waals surface area (Å²) in [5, 5.41) is 8.19. The Morgan fingerprint density at radius 1 is 1.07 bits per heavy atom. The van der Waals surface area contributed by atoms with Crippen LogP contribution in [0.5, 0.6) is 0 Å². The molecule has 138 valence electrons. The molecule has 1 heterocycles. The van der Waals surface area contributed by atoms with Gasteiger partial charge in [-0.2, -0.15) is 5.10 Å². The third kappa shape index (κ3) is 4.71. The van der Waals surface area contributed by atoms with Crippen molar-refractivity contribution in [3.05, 3.63) is 59.6 Å². The minimum Gasteiger partial charge on any atom is -0.451 e. The number of carbonyl (C=O) groups excluding carboxylic acids is 3. The van der Waals surface area contributed by atoms with E-state index in [1.165, 1.54) is 5.01 Å². The number of esters is 1. The van der Waals surface area contributed by atoms with Crippen molar-refractivity contribution in [2.24, 2.45) is 5.10 Å². The predicted octanol–water partition coefficient (Wildman–Crippen LogP) is 3.00. The van der Waals surface area contributed by atoms with Crippen molar-refractivity contribution in [1.82, 2.24) is 0 Å². The number of ether oxygens (including phenoxy) is 1. The highest BCUT2D eigenvalue weighted by atomic mass is 35.5. The van der Waals surface area contributed by atoms with Crippen LogP contribution in [0.4, 0.5) is 11.4 Å². The number of nitrogens with one attached hydrogen (secondary N) is 1. The molecule has 0 radical (unpaired) electrons. The summed E-state index contributed by atoms with van der Waals surface area (Å²) < 4.78 is 5.01. The fraction of sp³-hybridized carbons (Fsp3) is 0.158. The molecule has 0 bridgehead atoms.